The van der Waals surface area contributed by atoms with Crippen molar-refractivity contribution in [2.75, 3.05) is 26.7 Å². The van der Waals surface area contributed by atoms with Crippen molar-refractivity contribution in [2.45, 2.75) is 39.0 Å². The van der Waals surface area contributed by atoms with Gasteiger partial charge < -0.3 is 10.1 Å². The molecule has 1 fully saturated rings. The minimum absolute atomic E-state index is 0.345. The van der Waals surface area contributed by atoms with E-state index in [1.807, 2.05) is 0 Å². The van der Waals surface area contributed by atoms with Gasteiger partial charge in [-0.2, -0.15) is 0 Å². The fraction of sp³-hybridized carbons (Fsp3) is 1.00. The Morgan fingerprint density at radius 3 is 2.38 bits per heavy atom. The molecular formula is C10H22N2O. The van der Waals surface area contributed by atoms with Gasteiger partial charge in [0.1, 0.15) is 0 Å². The molecule has 1 saturated heterocycles. The molecule has 0 aromatic carbocycles. The van der Waals surface area contributed by atoms with Crippen LogP contribution in [0.1, 0.15) is 20.8 Å². The molecular weight excluding hydrogens is 164 g/mol. The van der Waals surface area contributed by atoms with Crippen LogP contribution in [0.2, 0.25) is 0 Å². The van der Waals surface area contributed by atoms with Crippen LogP contribution in [0.15, 0.2) is 0 Å². The minimum atomic E-state index is 0.345. The molecule has 78 valence electrons. The topological polar surface area (TPSA) is 24.5 Å². The normalized spacial score (nSPS) is 33.2. The summed E-state index contributed by atoms with van der Waals surface area (Å²) in [6, 6.07) is 1.21. The molecule has 1 N–H and O–H groups in total. The van der Waals surface area contributed by atoms with Gasteiger partial charge >= 0.3 is 0 Å². The highest BCUT2D eigenvalue weighted by Crippen LogP contribution is 2.05. The van der Waals surface area contributed by atoms with Gasteiger partial charge in [0.25, 0.3) is 0 Å². The van der Waals surface area contributed by atoms with E-state index in [2.05, 4.69) is 31.0 Å². The molecule has 3 heteroatoms. The Bertz CT molecular complexity index is 142. The summed E-state index contributed by atoms with van der Waals surface area (Å²) in [5, 5.41) is 3.52. The number of piperazine rings is 1. The first-order chi connectivity index (χ1) is 6.11. The van der Waals surface area contributed by atoms with Crippen LogP contribution >= 0.6 is 0 Å². The van der Waals surface area contributed by atoms with Crippen molar-refractivity contribution in [2.24, 2.45) is 0 Å². The molecule has 3 unspecified atom stereocenters. The highest BCUT2D eigenvalue weighted by atomic mass is 16.5. The first-order valence-corrected chi connectivity index (χ1v) is 5.13. The van der Waals surface area contributed by atoms with Crippen molar-refractivity contribution in [1.29, 1.82) is 0 Å². The van der Waals surface area contributed by atoms with Crippen LogP contribution < -0.4 is 5.32 Å². The Kier molecular flexibility index (Phi) is 4.16. The summed E-state index contributed by atoms with van der Waals surface area (Å²) in [6.07, 6.45) is 0.345. The zero-order valence-corrected chi connectivity index (χ0v) is 9.21. The molecule has 0 amide bonds. The lowest BCUT2D eigenvalue weighted by molar-refractivity contribution is 0.0596. The van der Waals surface area contributed by atoms with E-state index in [4.69, 9.17) is 4.74 Å². The number of methoxy groups -OCH3 is 1. The predicted octanol–water partition coefficient (Wildman–Crippen LogP) is 0.703. The molecule has 0 radical (unpaired) electrons. The first kappa shape index (κ1) is 11.0. The molecule has 3 nitrogen and oxygen atoms in total. The number of hydrogen-bond acceptors (Lipinski definition) is 3. The molecule has 0 spiro atoms. The molecule has 1 heterocycles. The molecule has 0 bridgehead atoms. The summed E-state index contributed by atoms with van der Waals surface area (Å²) in [6.45, 7) is 9.92. The SMILES string of the molecule is COC(C)CN1CC(C)NC(C)C1. The second kappa shape index (κ2) is 4.94. The Morgan fingerprint density at radius 1 is 1.38 bits per heavy atom. The van der Waals surface area contributed by atoms with Gasteiger partial charge in [0, 0.05) is 38.8 Å². The van der Waals surface area contributed by atoms with E-state index in [1.165, 1.54) is 0 Å². The van der Waals surface area contributed by atoms with Crippen LogP contribution in [0, 0.1) is 0 Å². The smallest absolute Gasteiger partial charge is 0.0670 e. The number of rotatable bonds is 3. The maximum Gasteiger partial charge on any atom is 0.0670 e. The van der Waals surface area contributed by atoms with E-state index < -0.39 is 0 Å². The van der Waals surface area contributed by atoms with Gasteiger partial charge in [-0.15, -0.1) is 0 Å². The van der Waals surface area contributed by atoms with E-state index in [9.17, 15) is 0 Å². The highest BCUT2D eigenvalue weighted by molar-refractivity contribution is 4.81. The number of ether oxygens (including phenoxy) is 1. The van der Waals surface area contributed by atoms with Gasteiger partial charge in [0.2, 0.25) is 0 Å². The minimum Gasteiger partial charge on any atom is -0.380 e. The maximum absolute atomic E-state index is 5.26. The van der Waals surface area contributed by atoms with Crippen molar-refractivity contribution in [3.8, 4) is 0 Å². The molecule has 0 aromatic rings. The molecule has 1 rings (SSSR count). The third-order valence-corrected chi connectivity index (χ3v) is 2.55. The van der Waals surface area contributed by atoms with Crippen LogP contribution in [0.25, 0.3) is 0 Å². The molecule has 3 atom stereocenters. The summed E-state index contributed by atoms with van der Waals surface area (Å²) >= 11 is 0. The fourth-order valence-electron chi connectivity index (χ4n) is 2.03. The summed E-state index contributed by atoms with van der Waals surface area (Å²) < 4.78 is 5.26. The quantitative estimate of drug-likeness (QED) is 0.702. The average Bonchev–Trinajstić information content (AvgIpc) is 2.02. The van der Waals surface area contributed by atoms with Crippen LogP contribution in [0.5, 0.6) is 0 Å². The maximum atomic E-state index is 5.26. The van der Waals surface area contributed by atoms with Crippen molar-refractivity contribution >= 4 is 0 Å². The van der Waals surface area contributed by atoms with Gasteiger partial charge in [-0.3, -0.25) is 4.90 Å². The molecule has 13 heavy (non-hydrogen) atoms. The molecule has 0 saturated carbocycles. The van der Waals surface area contributed by atoms with Crippen LogP contribution in [-0.4, -0.2) is 49.8 Å². The third kappa shape index (κ3) is 3.63. The highest BCUT2D eigenvalue weighted by Gasteiger charge is 2.21. The van der Waals surface area contributed by atoms with Crippen molar-refractivity contribution in [1.82, 2.24) is 10.2 Å². The Labute approximate surface area is 81.4 Å². The van der Waals surface area contributed by atoms with E-state index >= 15 is 0 Å². The Balaban J connectivity index is 2.32. The standard InChI is InChI=1S/C10H22N2O/c1-8-5-12(6-9(2)11-8)7-10(3)13-4/h8-11H,5-7H2,1-4H3. The van der Waals surface area contributed by atoms with Crippen molar-refractivity contribution in [3.63, 3.8) is 0 Å². The van der Waals surface area contributed by atoms with E-state index in [0.717, 1.165) is 19.6 Å². The number of nitrogens with zero attached hydrogens (tertiary/aromatic N) is 1. The van der Waals surface area contributed by atoms with Crippen LogP contribution in [0.3, 0.4) is 0 Å². The third-order valence-electron chi connectivity index (χ3n) is 2.55. The Hall–Kier alpha value is -0.120. The summed E-state index contributed by atoms with van der Waals surface area (Å²) in [4.78, 5) is 2.47. The summed E-state index contributed by atoms with van der Waals surface area (Å²) in [5.74, 6) is 0. The van der Waals surface area contributed by atoms with Gasteiger partial charge in [0.15, 0.2) is 0 Å². The monoisotopic (exact) mass is 186 g/mol. The van der Waals surface area contributed by atoms with E-state index in [1.54, 1.807) is 7.11 Å². The largest absolute Gasteiger partial charge is 0.380 e. The second-order valence-corrected chi connectivity index (χ2v) is 4.23. The van der Waals surface area contributed by atoms with E-state index in [0.29, 0.717) is 18.2 Å². The lowest BCUT2D eigenvalue weighted by Gasteiger charge is -2.37. The number of nitrogens with one attached hydrogen (secondary N) is 1. The lowest BCUT2D eigenvalue weighted by atomic mass is 10.1. The molecule has 1 aliphatic rings. The first-order valence-electron chi connectivity index (χ1n) is 5.13. The molecule has 0 aliphatic carbocycles. The molecule has 1 aliphatic heterocycles. The van der Waals surface area contributed by atoms with Gasteiger partial charge in [-0.05, 0) is 20.8 Å². The zero-order valence-electron chi connectivity index (χ0n) is 9.21. The average molecular weight is 186 g/mol. The van der Waals surface area contributed by atoms with E-state index in [-0.39, 0.29) is 0 Å². The van der Waals surface area contributed by atoms with Gasteiger partial charge in [-0.1, -0.05) is 0 Å². The molecule has 0 aromatic heterocycles. The fourth-order valence-corrected chi connectivity index (χ4v) is 2.03. The lowest BCUT2D eigenvalue weighted by Crippen LogP contribution is -2.55. The second-order valence-electron chi connectivity index (χ2n) is 4.23. The Morgan fingerprint density at radius 2 is 1.92 bits per heavy atom. The summed E-state index contributed by atoms with van der Waals surface area (Å²) in [7, 11) is 1.78. The van der Waals surface area contributed by atoms with Gasteiger partial charge in [0.05, 0.1) is 6.10 Å². The van der Waals surface area contributed by atoms with Crippen molar-refractivity contribution in [3.05, 3.63) is 0 Å². The predicted molar refractivity (Wildman–Crippen MR) is 55.0 cm³/mol. The number of hydrogen-bond donors (Lipinski definition) is 1. The van der Waals surface area contributed by atoms with Crippen LogP contribution in [-0.2, 0) is 4.74 Å². The summed E-state index contributed by atoms with van der Waals surface area (Å²) in [5.41, 5.74) is 0. The zero-order chi connectivity index (χ0) is 9.84. The van der Waals surface area contributed by atoms with Crippen LogP contribution in [0.4, 0.5) is 0 Å². The van der Waals surface area contributed by atoms with Crippen molar-refractivity contribution < 1.29 is 4.74 Å². The van der Waals surface area contributed by atoms with Gasteiger partial charge in [-0.25, -0.2) is 0 Å².